The zero-order valence-corrected chi connectivity index (χ0v) is 30.4. The van der Waals surface area contributed by atoms with E-state index in [1.165, 1.54) is 79.0 Å². The highest BCUT2D eigenvalue weighted by atomic mass is 32.2. The third kappa shape index (κ3) is 10.1. The number of rotatable bonds is 10. The smallest absolute Gasteiger partial charge is 0.379 e. The Balaban J connectivity index is 0.000000216. The molecular formula is C41H29F5N2O6S2. The van der Waals surface area contributed by atoms with Gasteiger partial charge < -0.3 is 5.11 Å². The minimum atomic E-state index is -5.04. The maximum absolute atomic E-state index is 12.9. The molecule has 8 nitrogen and oxygen atoms in total. The van der Waals surface area contributed by atoms with E-state index in [9.17, 15) is 48.7 Å². The van der Waals surface area contributed by atoms with Crippen molar-refractivity contribution in [2.45, 2.75) is 32.1 Å². The highest BCUT2D eigenvalue weighted by molar-refractivity contribution is 7.91. The number of benzene rings is 4. The van der Waals surface area contributed by atoms with Crippen molar-refractivity contribution in [2.24, 2.45) is 0 Å². The average molecular weight is 805 g/mol. The number of carbonyl (C=O) groups excluding carboxylic acids is 1. The first-order chi connectivity index (χ1) is 26.6. The molecule has 0 aliphatic heterocycles. The SMILES string of the molecule is O=Cc1cccnc1S(=O)(=O)c1ccc(/C=C/c2ccc(F)cc2)cc1.O=S(=O)(c1ccc(C=Cc2ccc(F)cc2)cc1)c1ncccc1C(O)C(F)(F)F. The Morgan fingerprint density at radius 3 is 1.29 bits per heavy atom. The van der Waals surface area contributed by atoms with Crippen LogP contribution in [0.4, 0.5) is 22.0 Å². The lowest BCUT2D eigenvalue weighted by Crippen LogP contribution is -2.23. The van der Waals surface area contributed by atoms with Crippen LogP contribution < -0.4 is 0 Å². The summed E-state index contributed by atoms with van der Waals surface area (Å²) in [6.45, 7) is 0. The van der Waals surface area contributed by atoms with E-state index in [0.29, 0.717) is 11.8 Å². The third-order valence-corrected chi connectivity index (χ3v) is 11.4. The zero-order valence-electron chi connectivity index (χ0n) is 28.8. The largest absolute Gasteiger partial charge is 0.418 e. The molecule has 0 bridgehead atoms. The van der Waals surface area contributed by atoms with Crippen LogP contribution in [0.1, 0.15) is 44.3 Å². The second-order valence-electron chi connectivity index (χ2n) is 11.8. The first-order valence-electron chi connectivity index (χ1n) is 16.3. The van der Waals surface area contributed by atoms with E-state index in [0.717, 1.165) is 35.0 Å². The molecule has 2 aromatic heterocycles. The van der Waals surface area contributed by atoms with Gasteiger partial charge >= 0.3 is 6.18 Å². The van der Waals surface area contributed by atoms with Gasteiger partial charge in [0.05, 0.1) is 15.4 Å². The van der Waals surface area contributed by atoms with Crippen LogP contribution in [0.25, 0.3) is 24.3 Å². The van der Waals surface area contributed by atoms with Gasteiger partial charge in [-0.25, -0.2) is 35.6 Å². The first-order valence-corrected chi connectivity index (χ1v) is 19.2. The number of aldehydes is 1. The van der Waals surface area contributed by atoms with Gasteiger partial charge in [0, 0.05) is 18.0 Å². The number of hydrogen-bond donors (Lipinski definition) is 1. The highest BCUT2D eigenvalue weighted by Gasteiger charge is 2.42. The summed E-state index contributed by atoms with van der Waals surface area (Å²) >= 11 is 0. The fourth-order valence-corrected chi connectivity index (χ4v) is 7.75. The summed E-state index contributed by atoms with van der Waals surface area (Å²) in [5, 5.41) is 8.41. The van der Waals surface area contributed by atoms with Crippen LogP contribution >= 0.6 is 0 Å². The van der Waals surface area contributed by atoms with Crippen LogP contribution in [0.3, 0.4) is 0 Å². The van der Waals surface area contributed by atoms with Crippen LogP contribution in [-0.4, -0.2) is 44.4 Å². The summed E-state index contributed by atoms with van der Waals surface area (Å²) < 4.78 is 115. The number of aliphatic hydroxyl groups is 1. The fourth-order valence-electron chi connectivity index (χ4n) is 5.00. The Labute approximate surface area is 318 Å². The number of carbonyl (C=O) groups is 1. The Kier molecular flexibility index (Phi) is 12.8. The Hall–Kier alpha value is -6.16. The predicted octanol–water partition coefficient (Wildman–Crippen LogP) is 8.86. The topological polar surface area (TPSA) is 131 Å². The van der Waals surface area contributed by atoms with Crippen molar-refractivity contribution < 1.29 is 48.7 Å². The van der Waals surface area contributed by atoms with Crippen LogP contribution in [0.5, 0.6) is 0 Å². The Bertz CT molecular complexity index is 2580. The number of halogens is 5. The molecule has 2 heterocycles. The average Bonchev–Trinajstić information content (AvgIpc) is 3.20. The molecule has 1 N–H and O–H groups in total. The molecule has 286 valence electrons. The van der Waals surface area contributed by atoms with Crippen molar-refractivity contribution in [3.63, 3.8) is 0 Å². The van der Waals surface area contributed by atoms with Crippen molar-refractivity contribution in [3.05, 3.63) is 179 Å². The number of aromatic nitrogens is 2. The van der Waals surface area contributed by atoms with Crippen molar-refractivity contribution in [3.8, 4) is 0 Å². The predicted molar refractivity (Wildman–Crippen MR) is 199 cm³/mol. The molecule has 56 heavy (non-hydrogen) atoms. The quantitative estimate of drug-likeness (QED) is 0.0826. The van der Waals surface area contributed by atoms with Crippen LogP contribution in [0, 0.1) is 11.6 Å². The molecule has 0 spiro atoms. The fraction of sp³-hybridized carbons (Fsp3) is 0.0488. The van der Waals surface area contributed by atoms with E-state index in [1.807, 2.05) is 0 Å². The lowest BCUT2D eigenvalue weighted by molar-refractivity contribution is -0.207. The van der Waals surface area contributed by atoms with Gasteiger partial charge in [0.1, 0.15) is 11.6 Å². The van der Waals surface area contributed by atoms with Crippen LogP contribution in [-0.2, 0) is 19.7 Å². The van der Waals surface area contributed by atoms with E-state index < -0.39 is 42.5 Å². The molecule has 0 saturated heterocycles. The van der Waals surface area contributed by atoms with Gasteiger partial charge in [-0.3, -0.25) is 4.79 Å². The number of aliphatic hydroxyl groups excluding tert-OH is 1. The summed E-state index contributed by atoms with van der Waals surface area (Å²) in [4.78, 5) is 18.3. The van der Waals surface area contributed by atoms with Gasteiger partial charge in [0.25, 0.3) is 0 Å². The molecule has 1 atom stereocenters. The Morgan fingerprint density at radius 2 is 0.893 bits per heavy atom. The standard InChI is InChI=1S/C21H15F4NO3S.C20H14FNO3S/c22-16-9-5-14(6-10-16)3-4-15-7-11-17(12-8-15)30(28,29)20-18(2-1-13-26-20)19(27)21(23,24)25;21-18-9-5-15(6-10-18)3-4-16-7-11-19(12-8-16)26(24,25)20-17(14-23)2-1-13-22-20/h1-13,19,27H;1-14H/b;4-3+. The summed E-state index contributed by atoms with van der Waals surface area (Å²) in [6.07, 6.45) is 1.78. The Morgan fingerprint density at radius 1 is 0.536 bits per heavy atom. The number of alkyl halides is 3. The summed E-state index contributed by atoms with van der Waals surface area (Å²) in [7, 11) is -8.28. The normalized spacial score (nSPS) is 12.6. The van der Waals surface area contributed by atoms with E-state index in [2.05, 4.69) is 9.97 Å². The molecule has 6 aromatic rings. The molecule has 6 rings (SSSR count). The van der Waals surface area contributed by atoms with Crippen molar-refractivity contribution in [2.75, 3.05) is 0 Å². The molecule has 0 aliphatic carbocycles. The maximum Gasteiger partial charge on any atom is 0.418 e. The monoisotopic (exact) mass is 804 g/mol. The van der Waals surface area contributed by atoms with Gasteiger partial charge in [-0.2, -0.15) is 13.2 Å². The molecule has 0 aliphatic rings. The second-order valence-corrected chi connectivity index (χ2v) is 15.5. The highest BCUT2D eigenvalue weighted by Crippen LogP contribution is 2.36. The van der Waals surface area contributed by atoms with Crippen molar-refractivity contribution >= 4 is 50.3 Å². The molecule has 1 unspecified atom stereocenters. The van der Waals surface area contributed by atoms with Gasteiger partial charge in [-0.15, -0.1) is 0 Å². The number of nitrogens with zero attached hydrogens (tertiary/aromatic N) is 2. The van der Waals surface area contributed by atoms with E-state index in [4.69, 9.17) is 0 Å². The second kappa shape index (κ2) is 17.5. The summed E-state index contributed by atoms with van der Waals surface area (Å²) in [6, 6.07) is 28.3. The lowest BCUT2D eigenvalue weighted by atomic mass is 10.1. The molecule has 15 heteroatoms. The first kappa shape index (κ1) is 41.0. The zero-order chi connectivity index (χ0) is 40.5. The van der Waals surface area contributed by atoms with Gasteiger partial charge in [-0.1, -0.05) is 78.9 Å². The van der Waals surface area contributed by atoms with Crippen molar-refractivity contribution in [1.29, 1.82) is 0 Å². The summed E-state index contributed by atoms with van der Waals surface area (Å²) in [5.41, 5.74) is 2.14. The molecule has 4 aromatic carbocycles. The van der Waals surface area contributed by atoms with Gasteiger partial charge in [0.2, 0.25) is 19.7 Å². The van der Waals surface area contributed by atoms with Crippen LogP contribution in [0.2, 0.25) is 0 Å². The lowest BCUT2D eigenvalue weighted by Gasteiger charge is -2.17. The number of hydrogen-bond acceptors (Lipinski definition) is 8. The van der Waals surface area contributed by atoms with E-state index in [1.54, 1.807) is 60.7 Å². The van der Waals surface area contributed by atoms with E-state index in [-0.39, 0.29) is 32.0 Å². The molecule has 0 saturated carbocycles. The third-order valence-electron chi connectivity index (χ3n) is 7.90. The van der Waals surface area contributed by atoms with Crippen molar-refractivity contribution in [1.82, 2.24) is 9.97 Å². The van der Waals surface area contributed by atoms with Crippen LogP contribution in [0.15, 0.2) is 154 Å². The number of pyridine rings is 2. The number of sulfone groups is 2. The molecule has 0 fully saturated rings. The minimum Gasteiger partial charge on any atom is -0.379 e. The molecular weight excluding hydrogens is 776 g/mol. The van der Waals surface area contributed by atoms with Gasteiger partial charge in [-0.05, 0) is 89.0 Å². The molecule has 0 amide bonds. The maximum atomic E-state index is 12.9. The minimum absolute atomic E-state index is 0.0211. The molecule has 0 radical (unpaired) electrons. The van der Waals surface area contributed by atoms with Gasteiger partial charge in [0.15, 0.2) is 22.4 Å². The van der Waals surface area contributed by atoms with E-state index >= 15 is 0 Å². The summed E-state index contributed by atoms with van der Waals surface area (Å²) in [5.74, 6) is -0.674.